The van der Waals surface area contributed by atoms with Gasteiger partial charge in [0.25, 0.3) is 0 Å². The Hall–Kier alpha value is -0.930. The fraction of sp³-hybridized carbons (Fsp3) is 0.500. The summed E-state index contributed by atoms with van der Waals surface area (Å²) in [5, 5.41) is 12.0. The van der Waals surface area contributed by atoms with Crippen molar-refractivity contribution in [3.63, 3.8) is 0 Å². The van der Waals surface area contributed by atoms with Crippen molar-refractivity contribution in [2.24, 2.45) is 5.92 Å². The molecule has 0 aromatic heterocycles. The van der Waals surface area contributed by atoms with Crippen LogP contribution in [0.5, 0.6) is 0 Å². The first-order chi connectivity index (χ1) is 7.24. The van der Waals surface area contributed by atoms with Crippen molar-refractivity contribution in [1.29, 1.82) is 0 Å². The largest absolute Gasteiger partial charge is 0.396 e. The van der Waals surface area contributed by atoms with E-state index in [1.807, 2.05) is 13.0 Å². The zero-order valence-corrected chi connectivity index (χ0v) is 9.04. The van der Waals surface area contributed by atoms with Crippen LogP contribution in [0.2, 0.25) is 0 Å². The summed E-state index contributed by atoms with van der Waals surface area (Å²) in [6.07, 6.45) is 0.685. The lowest BCUT2D eigenvalue weighted by Crippen LogP contribution is -2.25. The molecule has 0 aliphatic carbocycles. The van der Waals surface area contributed by atoms with Crippen LogP contribution in [0.25, 0.3) is 0 Å². The second-order valence-electron chi connectivity index (χ2n) is 3.83. The molecule has 0 radical (unpaired) electrons. The molecule has 1 atom stereocenters. The van der Waals surface area contributed by atoms with Crippen molar-refractivity contribution in [2.75, 3.05) is 19.7 Å². The minimum Gasteiger partial charge on any atom is -0.396 e. The van der Waals surface area contributed by atoms with E-state index in [0.717, 1.165) is 18.7 Å². The standard InChI is InChI=1S/C12H18FNO/c1-10(9-15)8-14-7-6-11-4-2-3-5-12(11)13/h2-5,10,14-15H,6-9H2,1H3. The first-order valence-corrected chi connectivity index (χ1v) is 5.29. The van der Waals surface area contributed by atoms with E-state index >= 15 is 0 Å². The summed E-state index contributed by atoms with van der Waals surface area (Å²) in [5.41, 5.74) is 0.738. The van der Waals surface area contributed by atoms with Crippen LogP contribution in [0.15, 0.2) is 24.3 Å². The molecule has 0 amide bonds. The average Bonchev–Trinajstić information content (AvgIpc) is 2.26. The van der Waals surface area contributed by atoms with Gasteiger partial charge >= 0.3 is 0 Å². The molecule has 1 unspecified atom stereocenters. The second kappa shape index (κ2) is 6.53. The summed E-state index contributed by atoms with van der Waals surface area (Å²) in [4.78, 5) is 0. The van der Waals surface area contributed by atoms with E-state index in [9.17, 15) is 4.39 Å². The highest BCUT2D eigenvalue weighted by Gasteiger charge is 2.01. The lowest BCUT2D eigenvalue weighted by molar-refractivity contribution is 0.234. The van der Waals surface area contributed by atoms with Crippen LogP contribution in [0, 0.1) is 11.7 Å². The van der Waals surface area contributed by atoms with Gasteiger partial charge in [-0.15, -0.1) is 0 Å². The quantitative estimate of drug-likeness (QED) is 0.700. The molecule has 0 saturated heterocycles. The number of benzene rings is 1. The smallest absolute Gasteiger partial charge is 0.126 e. The van der Waals surface area contributed by atoms with Crippen molar-refractivity contribution in [3.8, 4) is 0 Å². The van der Waals surface area contributed by atoms with Gasteiger partial charge in [0, 0.05) is 6.61 Å². The summed E-state index contributed by atoms with van der Waals surface area (Å²) >= 11 is 0. The maximum Gasteiger partial charge on any atom is 0.126 e. The third-order valence-corrected chi connectivity index (χ3v) is 2.33. The van der Waals surface area contributed by atoms with Crippen LogP contribution < -0.4 is 5.32 Å². The summed E-state index contributed by atoms with van der Waals surface area (Å²) in [6, 6.07) is 6.81. The summed E-state index contributed by atoms with van der Waals surface area (Å²) in [5.74, 6) is 0.111. The van der Waals surface area contributed by atoms with Crippen LogP contribution >= 0.6 is 0 Å². The van der Waals surface area contributed by atoms with Crippen LogP contribution in [0.1, 0.15) is 12.5 Å². The Morgan fingerprint density at radius 3 is 2.80 bits per heavy atom. The van der Waals surface area contributed by atoms with Crippen molar-refractivity contribution in [2.45, 2.75) is 13.3 Å². The summed E-state index contributed by atoms with van der Waals surface area (Å²) in [6.45, 7) is 3.67. The fourth-order valence-corrected chi connectivity index (χ4v) is 1.34. The van der Waals surface area contributed by atoms with E-state index in [0.29, 0.717) is 6.42 Å². The molecule has 2 nitrogen and oxygen atoms in total. The first-order valence-electron chi connectivity index (χ1n) is 5.29. The molecule has 0 saturated carbocycles. The number of hydrogen-bond acceptors (Lipinski definition) is 2. The monoisotopic (exact) mass is 211 g/mol. The van der Waals surface area contributed by atoms with Gasteiger partial charge in [0.05, 0.1) is 0 Å². The fourth-order valence-electron chi connectivity index (χ4n) is 1.34. The highest BCUT2D eigenvalue weighted by Crippen LogP contribution is 2.06. The minimum absolute atomic E-state index is 0.144. The maximum absolute atomic E-state index is 13.2. The molecule has 1 aromatic carbocycles. The number of nitrogens with one attached hydrogen (secondary N) is 1. The molecule has 0 spiro atoms. The van der Waals surface area contributed by atoms with E-state index in [1.54, 1.807) is 12.1 Å². The lowest BCUT2D eigenvalue weighted by atomic mass is 10.1. The van der Waals surface area contributed by atoms with Gasteiger partial charge in [0.15, 0.2) is 0 Å². The van der Waals surface area contributed by atoms with E-state index < -0.39 is 0 Å². The molecular weight excluding hydrogens is 193 g/mol. The number of halogens is 1. The van der Waals surface area contributed by atoms with E-state index in [1.165, 1.54) is 6.07 Å². The molecule has 2 N–H and O–H groups in total. The molecule has 15 heavy (non-hydrogen) atoms. The molecule has 1 rings (SSSR count). The molecule has 84 valence electrons. The number of aliphatic hydroxyl groups is 1. The molecule has 0 bridgehead atoms. The van der Waals surface area contributed by atoms with Gasteiger partial charge in [-0.3, -0.25) is 0 Å². The SMILES string of the molecule is CC(CO)CNCCc1ccccc1F. The average molecular weight is 211 g/mol. The molecule has 0 fully saturated rings. The van der Waals surface area contributed by atoms with Crippen molar-refractivity contribution in [1.82, 2.24) is 5.32 Å². The van der Waals surface area contributed by atoms with Gasteiger partial charge in [-0.25, -0.2) is 4.39 Å². The molecule has 0 aliphatic rings. The molecule has 0 heterocycles. The van der Waals surface area contributed by atoms with Gasteiger partial charge in [0.2, 0.25) is 0 Å². The topological polar surface area (TPSA) is 32.3 Å². The highest BCUT2D eigenvalue weighted by atomic mass is 19.1. The maximum atomic E-state index is 13.2. The lowest BCUT2D eigenvalue weighted by Gasteiger charge is -2.09. The third kappa shape index (κ3) is 4.40. The van der Waals surface area contributed by atoms with Gasteiger partial charge in [0.1, 0.15) is 5.82 Å². The second-order valence-corrected chi connectivity index (χ2v) is 3.83. The van der Waals surface area contributed by atoms with Crippen molar-refractivity contribution < 1.29 is 9.50 Å². The summed E-state index contributed by atoms with van der Waals surface area (Å²) < 4.78 is 13.2. The normalized spacial score (nSPS) is 12.7. The highest BCUT2D eigenvalue weighted by molar-refractivity contribution is 5.17. The Morgan fingerprint density at radius 1 is 1.40 bits per heavy atom. The first kappa shape index (κ1) is 12.1. The van der Waals surface area contributed by atoms with E-state index in [-0.39, 0.29) is 18.3 Å². The van der Waals surface area contributed by atoms with Crippen LogP contribution in [-0.2, 0) is 6.42 Å². The number of rotatable bonds is 6. The Balaban J connectivity index is 2.23. The molecule has 1 aromatic rings. The van der Waals surface area contributed by atoms with Crippen LogP contribution in [0.3, 0.4) is 0 Å². The number of aliphatic hydroxyl groups excluding tert-OH is 1. The summed E-state index contributed by atoms with van der Waals surface area (Å²) in [7, 11) is 0. The van der Waals surface area contributed by atoms with Crippen molar-refractivity contribution >= 4 is 0 Å². The van der Waals surface area contributed by atoms with E-state index in [4.69, 9.17) is 5.11 Å². The zero-order valence-electron chi connectivity index (χ0n) is 9.04. The third-order valence-electron chi connectivity index (χ3n) is 2.33. The minimum atomic E-state index is -0.144. The van der Waals surface area contributed by atoms with E-state index in [2.05, 4.69) is 5.32 Å². The Morgan fingerprint density at radius 2 is 2.13 bits per heavy atom. The molecule has 3 heteroatoms. The van der Waals surface area contributed by atoms with Crippen LogP contribution in [-0.4, -0.2) is 24.8 Å². The Kier molecular flexibility index (Phi) is 5.29. The van der Waals surface area contributed by atoms with Gasteiger partial charge in [-0.05, 0) is 37.1 Å². The Labute approximate surface area is 90.1 Å². The molecule has 0 aliphatic heterocycles. The zero-order chi connectivity index (χ0) is 11.1. The van der Waals surface area contributed by atoms with Gasteiger partial charge < -0.3 is 10.4 Å². The van der Waals surface area contributed by atoms with Gasteiger partial charge in [-0.1, -0.05) is 25.1 Å². The van der Waals surface area contributed by atoms with Crippen LogP contribution in [0.4, 0.5) is 4.39 Å². The number of hydrogen-bond donors (Lipinski definition) is 2. The predicted octanol–water partition coefficient (Wildman–Crippen LogP) is 1.59. The molecular formula is C12H18FNO. The van der Waals surface area contributed by atoms with Gasteiger partial charge in [-0.2, -0.15) is 0 Å². The predicted molar refractivity (Wildman–Crippen MR) is 59.2 cm³/mol. The van der Waals surface area contributed by atoms with Crippen molar-refractivity contribution in [3.05, 3.63) is 35.6 Å². The Bertz CT molecular complexity index is 291.